The third-order valence-corrected chi connectivity index (χ3v) is 3.59. The molecule has 92 valence electrons. The molecular weight excluding hydrogens is 204 g/mol. The van der Waals surface area contributed by atoms with Crippen LogP contribution in [0.25, 0.3) is 0 Å². The van der Waals surface area contributed by atoms with Crippen molar-refractivity contribution in [2.45, 2.75) is 44.7 Å². The Morgan fingerprint density at radius 2 is 2.19 bits per heavy atom. The molecule has 2 aliphatic rings. The standard InChI is InChI=1S/C12H22N2O2/c1-10-9-16-7-6-14(10)12(15)8-13-11-4-2-3-5-11/h10-11,13H,2-9H2,1H3. The summed E-state index contributed by atoms with van der Waals surface area (Å²) in [5.41, 5.74) is 0. The Bertz CT molecular complexity index is 239. The van der Waals surface area contributed by atoms with E-state index >= 15 is 0 Å². The van der Waals surface area contributed by atoms with E-state index in [-0.39, 0.29) is 11.9 Å². The molecule has 1 N–H and O–H groups in total. The minimum absolute atomic E-state index is 0.225. The van der Waals surface area contributed by atoms with Crippen LogP contribution in [0.3, 0.4) is 0 Å². The van der Waals surface area contributed by atoms with Gasteiger partial charge in [0.1, 0.15) is 0 Å². The Morgan fingerprint density at radius 1 is 1.44 bits per heavy atom. The van der Waals surface area contributed by atoms with Gasteiger partial charge in [0.05, 0.1) is 25.8 Å². The summed E-state index contributed by atoms with van der Waals surface area (Å²) in [7, 11) is 0. The molecule has 0 aromatic carbocycles. The van der Waals surface area contributed by atoms with Crippen LogP contribution in [0.5, 0.6) is 0 Å². The van der Waals surface area contributed by atoms with Gasteiger partial charge in [-0.05, 0) is 19.8 Å². The molecule has 0 radical (unpaired) electrons. The number of nitrogens with one attached hydrogen (secondary N) is 1. The fourth-order valence-electron chi connectivity index (χ4n) is 2.56. The van der Waals surface area contributed by atoms with Crippen molar-refractivity contribution in [2.24, 2.45) is 0 Å². The van der Waals surface area contributed by atoms with Crippen molar-refractivity contribution in [3.8, 4) is 0 Å². The molecule has 1 amide bonds. The first-order chi connectivity index (χ1) is 7.77. The van der Waals surface area contributed by atoms with Crippen LogP contribution in [0.4, 0.5) is 0 Å². The van der Waals surface area contributed by atoms with Gasteiger partial charge in [0.15, 0.2) is 0 Å². The van der Waals surface area contributed by atoms with Crippen LogP contribution in [0.15, 0.2) is 0 Å². The molecule has 4 heteroatoms. The first-order valence-corrected chi connectivity index (χ1v) is 6.38. The van der Waals surface area contributed by atoms with Crippen molar-refractivity contribution >= 4 is 5.91 Å². The van der Waals surface area contributed by atoms with Gasteiger partial charge in [0.25, 0.3) is 0 Å². The van der Waals surface area contributed by atoms with Crippen LogP contribution in [0.1, 0.15) is 32.6 Å². The van der Waals surface area contributed by atoms with Crippen molar-refractivity contribution in [3.63, 3.8) is 0 Å². The Balaban J connectivity index is 1.73. The quantitative estimate of drug-likeness (QED) is 0.772. The fraction of sp³-hybridized carbons (Fsp3) is 0.917. The Kier molecular flexibility index (Phi) is 4.18. The number of amides is 1. The lowest BCUT2D eigenvalue weighted by atomic mass is 10.2. The van der Waals surface area contributed by atoms with Gasteiger partial charge >= 0.3 is 0 Å². The van der Waals surface area contributed by atoms with Crippen LogP contribution in [-0.2, 0) is 9.53 Å². The van der Waals surface area contributed by atoms with Crippen molar-refractivity contribution in [1.29, 1.82) is 0 Å². The number of carbonyl (C=O) groups excluding carboxylic acids is 1. The normalized spacial score (nSPS) is 27.3. The van der Waals surface area contributed by atoms with Gasteiger partial charge in [-0.1, -0.05) is 12.8 Å². The number of hydrogen-bond acceptors (Lipinski definition) is 3. The van der Waals surface area contributed by atoms with E-state index in [2.05, 4.69) is 5.32 Å². The summed E-state index contributed by atoms with van der Waals surface area (Å²) in [6.07, 6.45) is 5.07. The molecule has 0 aromatic rings. The number of carbonyl (C=O) groups is 1. The predicted octanol–water partition coefficient (Wildman–Crippen LogP) is 0.766. The van der Waals surface area contributed by atoms with E-state index in [0.717, 1.165) is 6.54 Å². The van der Waals surface area contributed by atoms with E-state index in [1.807, 2.05) is 11.8 Å². The summed E-state index contributed by atoms with van der Waals surface area (Å²) in [6, 6.07) is 0.798. The average molecular weight is 226 g/mol. The summed E-state index contributed by atoms with van der Waals surface area (Å²) in [5, 5.41) is 3.37. The first kappa shape index (κ1) is 11.9. The molecule has 1 aliphatic heterocycles. The van der Waals surface area contributed by atoms with Crippen molar-refractivity contribution < 1.29 is 9.53 Å². The van der Waals surface area contributed by atoms with E-state index in [1.54, 1.807) is 0 Å². The zero-order valence-corrected chi connectivity index (χ0v) is 10.1. The second-order valence-corrected chi connectivity index (χ2v) is 4.87. The second-order valence-electron chi connectivity index (χ2n) is 4.87. The highest BCUT2D eigenvalue weighted by molar-refractivity contribution is 5.78. The molecule has 4 nitrogen and oxygen atoms in total. The van der Waals surface area contributed by atoms with Gasteiger partial charge < -0.3 is 15.0 Å². The van der Waals surface area contributed by atoms with Crippen LogP contribution in [0, 0.1) is 0 Å². The molecule has 16 heavy (non-hydrogen) atoms. The van der Waals surface area contributed by atoms with E-state index < -0.39 is 0 Å². The number of hydrogen-bond donors (Lipinski definition) is 1. The monoisotopic (exact) mass is 226 g/mol. The van der Waals surface area contributed by atoms with Crippen molar-refractivity contribution in [3.05, 3.63) is 0 Å². The Labute approximate surface area is 97.3 Å². The van der Waals surface area contributed by atoms with Gasteiger partial charge in [0.2, 0.25) is 5.91 Å². The Morgan fingerprint density at radius 3 is 2.88 bits per heavy atom. The smallest absolute Gasteiger partial charge is 0.236 e. The minimum Gasteiger partial charge on any atom is -0.377 e. The molecule has 0 spiro atoms. The fourth-order valence-corrected chi connectivity index (χ4v) is 2.56. The summed E-state index contributed by atoms with van der Waals surface area (Å²) >= 11 is 0. The van der Waals surface area contributed by atoms with Crippen LogP contribution in [-0.4, -0.2) is 49.2 Å². The third kappa shape index (κ3) is 2.95. The maximum absolute atomic E-state index is 12.0. The third-order valence-electron chi connectivity index (χ3n) is 3.59. The number of rotatable bonds is 3. The zero-order chi connectivity index (χ0) is 11.4. The van der Waals surface area contributed by atoms with Gasteiger partial charge in [-0.25, -0.2) is 0 Å². The zero-order valence-electron chi connectivity index (χ0n) is 10.1. The van der Waals surface area contributed by atoms with Crippen molar-refractivity contribution in [2.75, 3.05) is 26.3 Å². The molecule has 1 aliphatic carbocycles. The molecule has 1 atom stereocenters. The number of ether oxygens (including phenoxy) is 1. The molecule has 2 fully saturated rings. The number of morpholine rings is 1. The summed E-state index contributed by atoms with van der Waals surface area (Å²) in [5.74, 6) is 0.225. The highest BCUT2D eigenvalue weighted by atomic mass is 16.5. The molecule has 2 rings (SSSR count). The van der Waals surface area contributed by atoms with Crippen molar-refractivity contribution in [1.82, 2.24) is 10.2 Å². The maximum Gasteiger partial charge on any atom is 0.236 e. The summed E-state index contributed by atoms with van der Waals surface area (Å²) in [6.45, 7) is 4.64. The number of nitrogens with zero attached hydrogens (tertiary/aromatic N) is 1. The van der Waals surface area contributed by atoms with E-state index in [0.29, 0.717) is 25.8 Å². The molecule has 1 unspecified atom stereocenters. The lowest BCUT2D eigenvalue weighted by Gasteiger charge is -2.33. The van der Waals surface area contributed by atoms with Crippen LogP contribution < -0.4 is 5.32 Å². The summed E-state index contributed by atoms with van der Waals surface area (Å²) in [4.78, 5) is 13.9. The lowest BCUT2D eigenvalue weighted by Crippen LogP contribution is -2.50. The van der Waals surface area contributed by atoms with Crippen LogP contribution >= 0.6 is 0 Å². The minimum atomic E-state index is 0.225. The van der Waals surface area contributed by atoms with Gasteiger partial charge in [-0.3, -0.25) is 4.79 Å². The molecule has 1 saturated carbocycles. The van der Waals surface area contributed by atoms with Crippen LogP contribution in [0.2, 0.25) is 0 Å². The molecule has 1 heterocycles. The SMILES string of the molecule is CC1COCCN1C(=O)CNC1CCCC1. The van der Waals surface area contributed by atoms with Gasteiger partial charge in [0, 0.05) is 12.6 Å². The highest BCUT2D eigenvalue weighted by Gasteiger charge is 2.24. The van der Waals surface area contributed by atoms with E-state index in [9.17, 15) is 4.79 Å². The Hall–Kier alpha value is -0.610. The first-order valence-electron chi connectivity index (χ1n) is 6.38. The molecule has 1 saturated heterocycles. The van der Waals surface area contributed by atoms with Gasteiger partial charge in [-0.15, -0.1) is 0 Å². The largest absolute Gasteiger partial charge is 0.377 e. The predicted molar refractivity (Wildman–Crippen MR) is 62.3 cm³/mol. The van der Waals surface area contributed by atoms with Gasteiger partial charge in [-0.2, -0.15) is 0 Å². The topological polar surface area (TPSA) is 41.6 Å². The molecular formula is C12H22N2O2. The average Bonchev–Trinajstić information content (AvgIpc) is 2.79. The lowest BCUT2D eigenvalue weighted by molar-refractivity contribution is -0.138. The maximum atomic E-state index is 12.0. The van der Waals surface area contributed by atoms with E-state index in [4.69, 9.17) is 4.74 Å². The molecule has 0 aromatic heterocycles. The summed E-state index contributed by atoms with van der Waals surface area (Å²) < 4.78 is 5.33. The highest BCUT2D eigenvalue weighted by Crippen LogP contribution is 2.17. The van der Waals surface area contributed by atoms with E-state index in [1.165, 1.54) is 25.7 Å². The molecule has 0 bridgehead atoms. The second kappa shape index (κ2) is 5.64.